The van der Waals surface area contributed by atoms with E-state index >= 15 is 0 Å². The maximum absolute atomic E-state index is 9.60. The molecule has 0 saturated carbocycles. The molecule has 0 fully saturated rings. The number of benzene rings is 2. The highest BCUT2D eigenvalue weighted by atomic mass is 79.9. The first-order valence-electron chi connectivity index (χ1n) is 6.22. The predicted molar refractivity (Wildman–Crippen MR) is 93.7 cm³/mol. The van der Waals surface area contributed by atoms with E-state index in [0.29, 0.717) is 19.0 Å². The minimum atomic E-state index is 0.0645. The molecular formula is C15H12Br2Cl2O2. The van der Waals surface area contributed by atoms with Crippen molar-refractivity contribution in [3.05, 3.63) is 54.4 Å². The van der Waals surface area contributed by atoms with E-state index in [1.54, 1.807) is 12.1 Å². The fourth-order valence-electron chi connectivity index (χ4n) is 2.02. The molecule has 6 heteroatoms. The first-order valence-corrected chi connectivity index (χ1v) is 8.56. The summed E-state index contributed by atoms with van der Waals surface area (Å²) in [5.41, 5.74) is 2.10. The maximum Gasteiger partial charge on any atom is 0.148 e. The van der Waals surface area contributed by atoms with Crippen LogP contribution in [0.1, 0.15) is 17.5 Å². The van der Waals surface area contributed by atoms with Gasteiger partial charge in [-0.3, -0.25) is 0 Å². The normalized spacial score (nSPS) is 10.9. The van der Waals surface area contributed by atoms with Crippen molar-refractivity contribution < 1.29 is 10.2 Å². The summed E-state index contributed by atoms with van der Waals surface area (Å²) in [6.45, 7) is 0. The number of aromatic hydroxyl groups is 2. The minimum absolute atomic E-state index is 0.0645. The van der Waals surface area contributed by atoms with Crippen molar-refractivity contribution in [1.29, 1.82) is 0 Å². The zero-order valence-corrected chi connectivity index (χ0v) is 15.5. The van der Waals surface area contributed by atoms with Gasteiger partial charge < -0.3 is 10.2 Å². The molecule has 0 aliphatic rings. The van der Waals surface area contributed by atoms with Gasteiger partial charge in [0, 0.05) is 0 Å². The molecule has 2 nitrogen and oxygen atoms in total. The second-order valence-corrected chi connectivity index (χ2v) is 7.19. The zero-order chi connectivity index (χ0) is 15.6. The lowest BCUT2D eigenvalue weighted by Gasteiger charge is -2.08. The number of phenolic OH excluding ortho intramolecular Hbond substituents is 2. The van der Waals surface area contributed by atoms with Crippen molar-refractivity contribution in [2.45, 2.75) is 19.3 Å². The average molecular weight is 455 g/mol. The van der Waals surface area contributed by atoms with E-state index in [1.807, 2.05) is 12.1 Å². The van der Waals surface area contributed by atoms with Gasteiger partial charge in [0.15, 0.2) is 0 Å². The minimum Gasteiger partial charge on any atom is -0.505 e. The number of rotatable bonds is 4. The number of aryl methyl sites for hydroxylation is 2. The van der Waals surface area contributed by atoms with Crippen LogP contribution in [0.25, 0.3) is 0 Å². The summed E-state index contributed by atoms with van der Waals surface area (Å²) in [6, 6.07) is 7.25. The Labute approximate surface area is 150 Å². The monoisotopic (exact) mass is 452 g/mol. The summed E-state index contributed by atoms with van der Waals surface area (Å²) < 4.78 is 1.20. The largest absolute Gasteiger partial charge is 0.505 e. The first-order chi connectivity index (χ1) is 9.88. The molecule has 21 heavy (non-hydrogen) atoms. The SMILES string of the molecule is Oc1c(Cl)cc(CCCc2cc(Cl)c(O)c(Br)c2)cc1Br. The fraction of sp³-hybridized carbons (Fsp3) is 0.200. The topological polar surface area (TPSA) is 40.5 Å². The molecule has 0 saturated heterocycles. The van der Waals surface area contributed by atoms with E-state index in [-0.39, 0.29) is 11.5 Å². The smallest absolute Gasteiger partial charge is 0.148 e. The highest BCUT2D eigenvalue weighted by molar-refractivity contribution is 9.10. The van der Waals surface area contributed by atoms with Crippen molar-refractivity contribution in [3.8, 4) is 11.5 Å². The molecule has 0 aliphatic carbocycles. The Morgan fingerprint density at radius 1 is 0.762 bits per heavy atom. The second-order valence-electron chi connectivity index (χ2n) is 4.67. The van der Waals surface area contributed by atoms with Crippen LogP contribution in [0.2, 0.25) is 10.0 Å². The van der Waals surface area contributed by atoms with Gasteiger partial charge in [0.1, 0.15) is 11.5 Å². The van der Waals surface area contributed by atoms with Crippen LogP contribution in [0, 0.1) is 0 Å². The van der Waals surface area contributed by atoms with Gasteiger partial charge in [0.2, 0.25) is 0 Å². The van der Waals surface area contributed by atoms with Crippen LogP contribution in [0.3, 0.4) is 0 Å². The average Bonchev–Trinajstić information content (AvgIpc) is 2.42. The lowest BCUT2D eigenvalue weighted by Crippen LogP contribution is -1.91. The molecule has 2 N–H and O–H groups in total. The summed E-state index contributed by atoms with van der Waals surface area (Å²) in [5, 5.41) is 19.9. The van der Waals surface area contributed by atoms with Crippen molar-refractivity contribution in [1.82, 2.24) is 0 Å². The van der Waals surface area contributed by atoms with Crippen LogP contribution >= 0.6 is 55.1 Å². The second kappa shape index (κ2) is 7.23. The van der Waals surface area contributed by atoms with Gasteiger partial charge in [-0.2, -0.15) is 0 Å². The summed E-state index contributed by atoms with van der Waals surface area (Å²) >= 11 is 18.4. The fourth-order valence-corrected chi connectivity index (χ4v) is 3.75. The van der Waals surface area contributed by atoms with Gasteiger partial charge in [0.25, 0.3) is 0 Å². The van der Waals surface area contributed by atoms with Crippen molar-refractivity contribution in [3.63, 3.8) is 0 Å². The lowest BCUT2D eigenvalue weighted by molar-refractivity contribution is 0.471. The van der Waals surface area contributed by atoms with Gasteiger partial charge in [0.05, 0.1) is 19.0 Å². The van der Waals surface area contributed by atoms with Crippen LogP contribution in [0.5, 0.6) is 11.5 Å². The van der Waals surface area contributed by atoms with Crippen LogP contribution in [0.4, 0.5) is 0 Å². The molecule has 0 amide bonds. The van der Waals surface area contributed by atoms with E-state index in [9.17, 15) is 10.2 Å². The molecule has 0 atom stereocenters. The third kappa shape index (κ3) is 4.28. The highest BCUT2D eigenvalue weighted by Crippen LogP contribution is 2.35. The lowest BCUT2D eigenvalue weighted by atomic mass is 10.0. The molecule has 0 aromatic heterocycles. The molecule has 0 unspecified atom stereocenters. The molecule has 0 radical (unpaired) electrons. The number of phenols is 2. The quantitative estimate of drug-likeness (QED) is 0.585. The molecule has 0 heterocycles. The van der Waals surface area contributed by atoms with E-state index in [1.165, 1.54) is 0 Å². The number of hydrogen-bond donors (Lipinski definition) is 2. The van der Waals surface area contributed by atoms with Crippen molar-refractivity contribution in [2.75, 3.05) is 0 Å². The van der Waals surface area contributed by atoms with Crippen molar-refractivity contribution >= 4 is 55.1 Å². The molecule has 0 spiro atoms. The van der Waals surface area contributed by atoms with Gasteiger partial charge in [-0.25, -0.2) is 0 Å². The Hall–Kier alpha value is -0.420. The van der Waals surface area contributed by atoms with Crippen LogP contribution in [0.15, 0.2) is 33.2 Å². The Morgan fingerprint density at radius 2 is 1.14 bits per heavy atom. The Morgan fingerprint density at radius 3 is 1.48 bits per heavy atom. The molecule has 0 bridgehead atoms. The van der Waals surface area contributed by atoms with Gasteiger partial charge in [-0.05, 0) is 86.5 Å². The molecule has 112 valence electrons. The summed E-state index contributed by atoms with van der Waals surface area (Å²) in [5.74, 6) is 0.129. The summed E-state index contributed by atoms with van der Waals surface area (Å²) in [6.07, 6.45) is 2.56. The molecule has 2 rings (SSSR count). The van der Waals surface area contributed by atoms with E-state index in [2.05, 4.69) is 31.9 Å². The Kier molecular flexibility index (Phi) is 5.83. The van der Waals surface area contributed by atoms with E-state index < -0.39 is 0 Å². The van der Waals surface area contributed by atoms with Gasteiger partial charge in [-0.1, -0.05) is 23.2 Å². The molecule has 2 aromatic rings. The number of halogens is 4. The van der Waals surface area contributed by atoms with E-state index in [4.69, 9.17) is 23.2 Å². The zero-order valence-electron chi connectivity index (χ0n) is 10.8. The highest BCUT2D eigenvalue weighted by Gasteiger charge is 2.08. The standard InChI is InChI=1S/C15H12Br2Cl2O2/c16-10-4-8(6-12(18)14(10)20)2-1-3-9-5-11(17)15(21)13(19)7-9/h4-7,20-21H,1-3H2. The third-order valence-corrected chi connectivity index (χ3v) is 4.87. The Bertz CT molecular complexity index is 571. The molecule has 2 aromatic carbocycles. The van der Waals surface area contributed by atoms with Gasteiger partial charge >= 0.3 is 0 Å². The third-order valence-electron chi connectivity index (χ3n) is 3.08. The molecular weight excluding hydrogens is 443 g/mol. The van der Waals surface area contributed by atoms with Crippen LogP contribution in [-0.2, 0) is 12.8 Å². The van der Waals surface area contributed by atoms with Crippen molar-refractivity contribution in [2.24, 2.45) is 0 Å². The van der Waals surface area contributed by atoms with Crippen LogP contribution < -0.4 is 0 Å². The summed E-state index contributed by atoms with van der Waals surface area (Å²) in [4.78, 5) is 0. The van der Waals surface area contributed by atoms with Crippen LogP contribution in [-0.4, -0.2) is 10.2 Å². The molecule has 0 aliphatic heterocycles. The first kappa shape index (κ1) is 16.9. The predicted octanol–water partition coefficient (Wildman–Crippen LogP) is 6.10. The van der Waals surface area contributed by atoms with Gasteiger partial charge in [-0.15, -0.1) is 0 Å². The summed E-state index contributed by atoms with van der Waals surface area (Å²) in [7, 11) is 0. The number of hydrogen-bond acceptors (Lipinski definition) is 2. The maximum atomic E-state index is 9.60. The van der Waals surface area contributed by atoms with E-state index in [0.717, 1.165) is 30.4 Å². The Balaban J connectivity index is 2.02.